The molecule has 0 bridgehead atoms. The Morgan fingerprint density at radius 3 is 2.63 bits per heavy atom. The van der Waals surface area contributed by atoms with Gasteiger partial charge >= 0.3 is 0 Å². The number of Topliss-reactive ketones (excluding diaryl/α,β-unsaturated/α-hetero) is 1. The summed E-state index contributed by atoms with van der Waals surface area (Å²) in [5.74, 6) is 0.994. The second kappa shape index (κ2) is 4.91. The van der Waals surface area contributed by atoms with Gasteiger partial charge < -0.3 is 4.74 Å². The largest absolute Gasteiger partial charge is 0.490 e. The summed E-state index contributed by atoms with van der Waals surface area (Å²) in [5.41, 5.74) is 2.95. The Labute approximate surface area is 122 Å². The number of carbonyl (C=O) groups excluding carboxylic acids is 1. The average molecular weight is 324 g/mol. The highest BCUT2D eigenvalue weighted by molar-refractivity contribution is 9.10. The molecule has 3 rings (SSSR count). The van der Waals surface area contributed by atoms with Gasteiger partial charge in [-0.15, -0.1) is 0 Å². The number of ketones is 1. The molecule has 102 valence electrons. The van der Waals surface area contributed by atoms with E-state index in [2.05, 4.69) is 20.8 Å². The molecule has 2 aliphatic heterocycles. The minimum atomic E-state index is -0.0935. The van der Waals surface area contributed by atoms with Crippen LogP contribution in [0.1, 0.15) is 34.3 Å². The zero-order chi connectivity index (χ0) is 13.6. The summed E-state index contributed by atoms with van der Waals surface area (Å²) in [6.07, 6.45) is 2.38. The SMILES string of the molecule is Cc1c(Br)cc2c(c1C)OC[C@@H](N1CCCC1)C2=O. The molecule has 19 heavy (non-hydrogen) atoms. The highest BCUT2D eigenvalue weighted by Gasteiger charge is 2.35. The zero-order valence-corrected chi connectivity index (χ0v) is 12.9. The molecule has 0 saturated carbocycles. The van der Waals surface area contributed by atoms with Crippen LogP contribution in [0.4, 0.5) is 0 Å². The second-order valence-electron chi connectivity index (χ2n) is 5.42. The molecule has 0 unspecified atom stereocenters. The van der Waals surface area contributed by atoms with Crippen molar-refractivity contribution >= 4 is 21.7 Å². The lowest BCUT2D eigenvalue weighted by atomic mass is 9.95. The molecular formula is C15H18BrNO2. The normalized spacial score (nSPS) is 23.3. The molecule has 0 radical (unpaired) electrons. The predicted molar refractivity (Wildman–Crippen MR) is 78.0 cm³/mol. The first-order valence-corrected chi connectivity index (χ1v) is 7.59. The van der Waals surface area contributed by atoms with Gasteiger partial charge in [0.2, 0.25) is 0 Å². The number of halogens is 1. The number of benzene rings is 1. The van der Waals surface area contributed by atoms with Crippen LogP contribution in [0.5, 0.6) is 5.75 Å². The molecule has 0 N–H and O–H groups in total. The number of hydrogen-bond acceptors (Lipinski definition) is 3. The summed E-state index contributed by atoms with van der Waals surface area (Å²) in [5, 5.41) is 0. The van der Waals surface area contributed by atoms with Crippen molar-refractivity contribution in [3.63, 3.8) is 0 Å². The predicted octanol–water partition coefficient (Wildman–Crippen LogP) is 3.11. The third-order valence-corrected chi connectivity index (χ3v) is 5.14. The molecule has 1 atom stereocenters. The van der Waals surface area contributed by atoms with E-state index in [9.17, 15) is 4.79 Å². The highest BCUT2D eigenvalue weighted by Crippen LogP contribution is 2.36. The van der Waals surface area contributed by atoms with Gasteiger partial charge in [0.1, 0.15) is 18.4 Å². The van der Waals surface area contributed by atoms with E-state index in [-0.39, 0.29) is 11.8 Å². The minimum absolute atomic E-state index is 0.0935. The van der Waals surface area contributed by atoms with E-state index < -0.39 is 0 Å². The molecule has 3 nitrogen and oxygen atoms in total. The van der Waals surface area contributed by atoms with Crippen LogP contribution in [0, 0.1) is 13.8 Å². The van der Waals surface area contributed by atoms with Gasteiger partial charge in [-0.25, -0.2) is 0 Å². The van der Waals surface area contributed by atoms with Crippen LogP contribution < -0.4 is 4.74 Å². The van der Waals surface area contributed by atoms with Crippen molar-refractivity contribution < 1.29 is 9.53 Å². The molecule has 1 fully saturated rings. The van der Waals surface area contributed by atoms with Crippen LogP contribution in [0.3, 0.4) is 0 Å². The van der Waals surface area contributed by atoms with Gasteiger partial charge in [0.25, 0.3) is 0 Å². The fourth-order valence-electron chi connectivity index (χ4n) is 2.96. The summed E-state index contributed by atoms with van der Waals surface area (Å²) in [4.78, 5) is 14.9. The van der Waals surface area contributed by atoms with Crippen molar-refractivity contribution in [2.45, 2.75) is 32.7 Å². The lowest BCUT2D eigenvalue weighted by molar-refractivity contribution is 0.0717. The molecule has 2 heterocycles. The highest BCUT2D eigenvalue weighted by atomic mass is 79.9. The lowest BCUT2D eigenvalue weighted by Gasteiger charge is -2.32. The fraction of sp³-hybridized carbons (Fsp3) is 0.533. The topological polar surface area (TPSA) is 29.5 Å². The van der Waals surface area contributed by atoms with E-state index in [1.54, 1.807) is 0 Å². The Bertz CT molecular complexity index is 535. The molecule has 0 aromatic heterocycles. The summed E-state index contributed by atoms with van der Waals surface area (Å²) in [6, 6.07) is 1.83. The Morgan fingerprint density at radius 2 is 1.95 bits per heavy atom. The summed E-state index contributed by atoms with van der Waals surface area (Å²) in [6.45, 7) is 6.58. The van der Waals surface area contributed by atoms with E-state index in [1.807, 2.05) is 19.9 Å². The number of rotatable bonds is 1. The van der Waals surface area contributed by atoms with Gasteiger partial charge in [0.05, 0.1) is 5.56 Å². The molecule has 4 heteroatoms. The van der Waals surface area contributed by atoms with Gasteiger partial charge in [0.15, 0.2) is 5.78 Å². The maximum atomic E-state index is 12.7. The average Bonchev–Trinajstić information content (AvgIpc) is 2.91. The van der Waals surface area contributed by atoms with Crippen molar-refractivity contribution in [2.24, 2.45) is 0 Å². The Balaban J connectivity index is 1.99. The van der Waals surface area contributed by atoms with Crippen LogP contribution >= 0.6 is 15.9 Å². The smallest absolute Gasteiger partial charge is 0.187 e. The number of hydrogen-bond donors (Lipinski definition) is 0. The third-order valence-electron chi connectivity index (χ3n) is 4.31. The van der Waals surface area contributed by atoms with E-state index in [1.165, 1.54) is 12.8 Å². The molecule has 0 spiro atoms. The first-order valence-electron chi connectivity index (χ1n) is 6.80. The maximum Gasteiger partial charge on any atom is 0.187 e. The van der Waals surface area contributed by atoms with Crippen LogP contribution in [-0.2, 0) is 0 Å². The van der Waals surface area contributed by atoms with E-state index in [4.69, 9.17) is 4.74 Å². The molecular weight excluding hydrogens is 306 g/mol. The Morgan fingerprint density at radius 1 is 1.26 bits per heavy atom. The number of fused-ring (bicyclic) bond motifs is 1. The van der Waals surface area contributed by atoms with Crippen molar-refractivity contribution in [3.05, 3.63) is 27.2 Å². The number of likely N-dealkylation sites (tertiary alicyclic amines) is 1. The molecule has 1 aromatic carbocycles. The number of carbonyl (C=O) groups is 1. The van der Waals surface area contributed by atoms with Gasteiger partial charge in [-0.1, -0.05) is 15.9 Å². The summed E-state index contributed by atoms with van der Waals surface area (Å²) in [7, 11) is 0. The molecule has 1 saturated heterocycles. The van der Waals surface area contributed by atoms with E-state index >= 15 is 0 Å². The number of nitrogens with zero attached hydrogens (tertiary/aromatic N) is 1. The Hall–Kier alpha value is -0.870. The fourth-order valence-corrected chi connectivity index (χ4v) is 3.49. The van der Waals surface area contributed by atoms with E-state index in [0.717, 1.165) is 40.0 Å². The van der Waals surface area contributed by atoms with Crippen molar-refractivity contribution in [3.8, 4) is 5.75 Å². The van der Waals surface area contributed by atoms with Crippen molar-refractivity contribution in [1.29, 1.82) is 0 Å². The van der Waals surface area contributed by atoms with Gasteiger partial charge in [-0.3, -0.25) is 9.69 Å². The second-order valence-corrected chi connectivity index (χ2v) is 6.27. The molecule has 1 aromatic rings. The molecule has 0 amide bonds. The monoisotopic (exact) mass is 323 g/mol. The Kier molecular flexibility index (Phi) is 3.39. The molecule has 2 aliphatic rings. The first kappa shape index (κ1) is 13.1. The summed E-state index contributed by atoms with van der Waals surface area (Å²) < 4.78 is 6.89. The van der Waals surface area contributed by atoms with Gasteiger partial charge in [-0.05, 0) is 57.0 Å². The maximum absolute atomic E-state index is 12.7. The minimum Gasteiger partial charge on any atom is -0.490 e. The van der Waals surface area contributed by atoms with Crippen LogP contribution in [0.25, 0.3) is 0 Å². The quantitative estimate of drug-likeness (QED) is 0.795. The van der Waals surface area contributed by atoms with Crippen molar-refractivity contribution in [1.82, 2.24) is 4.90 Å². The van der Waals surface area contributed by atoms with Gasteiger partial charge in [0, 0.05) is 4.47 Å². The van der Waals surface area contributed by atoms with Crippen LogP contribution in [0.15, 0.2) is 10.5 Å². The standard InChI is InChI=1S/C15H18BrNO2/c1-9-10(2)15-11(7-12(9)16)14(18)13(8-19-15)17-5-3-4-6-17/h7,13H,3-6,8H2,1-2H3/t13-/m1/s1. The number of ether oxygens (including phenoxy) is 1. The van der Waals surface area contributed by atoms with Crippen molar-refractivity contribution in [2.75, 3.05) is 19.7 Å². The zero-order valence-electron chi connectivity index (χ0n) is 11.3. The lowest BCUT2D eigenvalue weighted by Crippen LogP contribution is -2.46. The summed E-state index contributed by atoms with van der Waals surface area (Å²) >= 11 is 3.53. The van der Waals surface area contributed by atoms with Crippen LogP contribution in [0.2, 0.25) is 0 Å². The van der Waals surface area contributed by atoms with E-state index in [0.29, 0.717) is 6.61 Å². The third kappa shape index (κ3) is 2.11. The van der Waals surface area contributed by atoms with Crippen LogP contribution in [-0.4, -0.2) is 36.4 Å². The molecule has 0 aliphatic carbocycles. The van der Waals surface area contributed by atoms with Gasteiger partial charge in [-0.2, -0.15) is 0 Å². The first-order chi connectivity index (χ1) is 9.09.